The van der Waals surface area contributed by atoms with Gasteiger partial charge in [0, 0.05) is 43.4 Å². The average molecular weight is 319 g/mol. The largest absolute Gasteiger partial charge is 0.357 e. The van der Waals surface area contributed by atoms with E-state index in [1.54, 1.807) is 6.20 Å². The predicted octanol–water partition coefficient (Wildman–Crippen LogP) is 2.90. The second kappa shape index (κ2) is 6.90. The Balaban J connectivity index is 1.66. The summed E-state index contributed by atoms with van der Waals surface area (Å²) in [5.74, 6) is 2.78. The highest BCUT2D eigenvalue weighted by molar-refractivity contribution is 8.00. The molecule has 2 aliphatic heterocycles. The predicted molar refractivity (Wildman–Crippen MR) is 92.7 cm³/mol. The maximum Gasteiger partial charge on any atom is 0.255 e. The number of thioether (sulfide) groups is 1. The van der Waals surface area contributed by atoms with Crippen LogP contribution in [0.4, 0.5) is 5.82 Å². The van der Waals surface area contributed by atoms with Crippen molar-refractivity contribution in [3.05, 3.63) is 23.9 Å². The molecule has 2 fully saturated rings. The lowest BCUT2D eigenvalue weighted by Crippen LogP contribution is -2.43. The molecule has 1 amide bonds. The van der Waals surface area contributed by atoms with Crippen LogP contribution in [0.2, 0.25) is 0 Å². The molecule has 5 heteroatoms. The van der Waals surface area contributed by atoms with E-state index in [1.807, 2.05) is 28.8 Å². The maximum atomic E-state index is 12.7. The molecule has 0 bridgehead atoms. The number of rotatable bonds is 3. The molecule has 0 N–H and O–H groups in total. The number of anilines is 1. The van der Waals surface area contributed by atoms with Gasteiger partial charge in [-0.15, -0.1) is 0 Å². The van der Waals surface area contributed by atoms with Gasteiger partial charge in [0.1, 0.15) is 5.82 Å². The van der Waals surface area contributed by atoms with Crippen molar-refractivity contribution in [2.45, 2.75) is 31.9 Å². The minimum Gasteiger partial charge on any atom is -0.357 e. The van der Waals surface area contributed by atoms with E-state index < -0.39 is 0 Å². The summed E-state index contributed by atoms with van der Waals surface area (Å²) in [5, 5.41) is 0.550. The first-order chi connectivity index (χ1) is 10.6. The summed E-state index contributed by atoms with van der Waals surface area (Å²) < 4.78 is 0. The minimum atomic E-state index is 0.131. The molecular formula is C17H25N3OS. The van der Waals surface area contributed by atoms with Crippen LogP contribution in [-0.4, -0.2) is 53.0 Å². The van der Waals surface area contributed by atoms with Gasteiger partial charge < -0.3 is 9.80 Å². The highest BCUT2D eigenvalue weighted by Crippen LogP contribution is 2.26. The molecular weight excluding hydrogens is 294 g/mol. The molecule has 4 nitrogen and oxygen atoms in total. The molecule has 2 saturated heterocycles. The molecule has 22 heavy (non-hydrogen) atoms. The van der Waals surface area contributed by atoms with Crippen molar-refractivity contribution in [1.29, 1.82) is 0 Å². The Bertz CT molecular complexity index is 511. The lowest BCUT2D eigenvalue weighted by atomic mass is 10.1. The van der Waals surface area contributed by atoms with Gasteiger partial charge in [0.15, 0.2) is 0 Å². The molecule has 120 valence electrons. The van der Waals surface area contributed by atoms with E-state index in [4.69, 9.17) is 0 Å². The summed E-state index contributed by atoms with van der Waals surface area (Å²) in [5.41, 5.74) is 0.720. The first-order valence-electron chi connectivity index (χ1n) is 8.27. The van der Waals surface area contributed by atoms with Crippen LogP contribution in [0.5, 0.6) is 0 Å². The fourth-order valence-electron chi connectivity index (χ4n) is 3.09. The van der Waals surface area contributed by atoms with Crippen LogP contribution in [0.3, 0.4) is 0 Å². The van der Waals surface area contributed by atoms with Crippen LogP contribution in [-0.2, 0) is 0 Å². The Morgan fingerprint density at radius 2 is 2.05 bits per heavy atom. The third-order valence-electron chi connectivity index (χ3n) is 4.55. The Hall–Kier alpha value is -1.23. The zero-order chi connectivity index (χ0) is 15.5. The normalized spacial score (nSPS) is 22.4. The Morgan fingerprint density at radius 1 is 1.27 bits per heavy atom. The summed E-state index contributed by atoms with van der Waals surface area (Å²) in [4.78, 5) is 21.5. The molecule has 0 radical (unpaired) electrons. The number of hydrogen-bond acceptors (Lipinski definition) is 4. The maximum absolute atomic E-state index is 12.7. The van der Waals surface area contributed by atoms with E-state index in [0.29, 0.717) is 11.2 Å². The van der Waals surface area contributed by atoms with Crippen LogP contribution >= 0.6 is 11.8 Å². The Labute approximate surface area is 137 Å². The fraction of sp³-hybridized carbons (Fsp3) is 0.647. The van der Waals surface area contributed by atoms with Crippen molar-refractivity contribution in [2.75, 3.05) is 36.8 Å². The second-order valence-corrected chi connectivity index (χ2v) is 7.85. The molecule has 0 unspecified atom stereocenters. The van der Waals surface area contributed by atoms with Gasteiger partial charge in [0.05, 0.1) is 5.56 Å². The van der Waals surface area contributed by atoms with E-state index in [1.165, 1.54) is 12.8 Å². The zero-order valence-corrected chi connectivity index (χ0v) is 14.3. The van der Waals surface area contributed by atoms with Crippen molar-refractivity contribution >= 4 is 23.5 Å². The second-order valence-electron chi connectivity index (χ2n) is 6.50. The van der Waals surface area contributed by atoms with Crippen molar-refractivity contribution < 1.29 is 4.79 Å². The van der Waals surface area contributed by atoms with Crippen molar-refractivity contribution in [1.82, 2.24) is 9.88 Å². The lowest BCUT2D eigenvalue weighted by Gasteiger charge is -2.34. The van der Waals surface area contributed by atoms with Crippen LogP contribution in [0.25, 0.3) is 0 Å². The van der Waals surface area contributed by atoms with Gasteiger partial charge in [0.2, 0.25) is 0 Å². The monoisotopic (exact) mass is 319 g/mol. The summed E-state index contributed by atoms with van der Waals surface area (Å²) in [6.45, 7) is 8.34. The topological polar surface area (TPSA) is 36.4 Å². The summed E-state index contributed by atoms with van der Waals surface area (Å²) >= 11 is 1.99. The summed E-state index contributed by atoms with van der Waals surface area (Å²) in [6.07, 6.45) is 4.23. The highest BCUT2D eigenvalue weighted by atomic mass is 32.2. The van der Waals surface area contributed by atoms with Crippen molar-refractivity contribution in [2.24, 2.45) is 5.92 Å². The van der Waals surface area contributed by atoms with Crippen LogP contribution in [0.1, 0.15) is 37.0 Å². The molecule has 0 aromatic carbocycles. The van der Waals surface area contributed by atoms with Gasteiger partial charge in [-0.2, -0.15) is 11.8 Å². The molecule has 0 spiro atoms. The number of aromatic nitrogens is 1. The number of hydrogen-bond donors (Lipinski definition) is 0. The van der Waals surface area contributed by atoms with Crippen LogP contribution < -0.4 is 4.90 Å². The average Bonchev–Trinajstić information content (AvgIpc) is 3.09. The van der Waals surface area contributed by atoms with Gasteiger partial charge in [0.25, 0.3) is 5.91 Å². The number of nitrogens with zero attached hydrogens (tertiary/aromatic N) is 3. The number of pyridine rings is 1. The number of carbonyl (C=O) groups is 1. The van der Waals surface area contributed by atoms with Gasteiger partial charge in [-0.25, -0.2) is 4.98 Å². The zero-order valence-electron chi connectivity index (χ0n) is 13.5. The third-order valence-corrected chi connectivity index (χ3v) is 6.09. The molecule has 1 aromatic rings. The minimum absolute atomic E-state index is 0.131. The van der Waals surface area contributed by atoms with E-state index in [2.05, 4.69) is 23.7 Å². The third kappa shape index (κ3) is 3.40. The molecule has 1 aromatic heterocycles. The smallest absolute Gasteiger partial charge is 0.255 e. The van der Waals surface area contributed by atoms with Gasteiger partial charge in [-0.1, -0.05) is 13.8 Å². The summed E-state index contributed by atoms with van der Waals surface area (Å²) in [7, 11) is 0. The quantitative estimate of drug-likeness (QED) is 0.858. The standard InChI is InChI=1S/C17H25N3OS/c1-13(2)15-12-20(9-10-22-15)17(21)14-5-6-16(18-11-14)19-7-3-4-8-19/h5-6,11,13,15H,3-4,7-10,12H2,1-2H3/t15-/m1/s1. The SMILES string of the molecule is CC(C)[C@H]1CN(C(=O)c2ccc(N3CCCC3)nc2)CCS1. The van der Waals surface area contributed by atoms with Gasteiger partial charge in [-0.3, -0.25) is 4.79 Å². The first-order valence-corrected chi connectivity index (χ1v) is 9.32. The molecule has 3 heterocycles. The van der Waals surface area contributed by atoms with Gasteiger partial charge >= 0.3 is 0 Å². The van der Waals surface area contributed by atoms with E-state index >= 15 is 0 Å². The lowest BCUT2D eigenvalue weighted by molar-refractivity contribution is 0.0755. The number of amides is 1. The van der Waals surface area contributed by atoms with E-state index in [-0.39, 0.29) is 5.91 Å². The van der Waals surface area contributed by atoms with Crippen molar-refractivity contribution in [3.63, 3.8) is 0 Å². The van der Waals surface area contributed by atoms with Crippen molar-refractivity contribution in [3.8, 4) is 0 Å². The molecule has 0 aliphatic carbocycles. The molecule has 3 rings (SSSR count). The van der Waals surface area contributed by atoms with Crippen LogP contribution in [0.15, 0.2) is 18.3 Å². The molecule has 2 aliphatic rings. The van der Waals surface area contributed by atoms with E-state index in [0.717, 1.165) is 43.3 Å². The Kier molecular flexibility index (Phi) is 4.91. The molecule has 0 saturated carbocycles. The molecule has 1 atom stereocenters. The summed E-state index contributed by atoms with van der Waals surface area (Å²) in [6, 6.07) is 3.94. The van der Waals surface area contributed by atoms with E-state index in [9.17, 15) is 4.79 Å². The van der Waals surface area contributed by atoms with Crippen LogP contribution in [0, 0.1) is 5.92 Å². The first kappa shape index (κ1) is 15.7. The number of carbonyl (C=O) groups excluding carboxylic acids is 1. The highest BCUT2D eigenvalue weighted by Gasteiger charge is 2.27. The van der Waals surface area contributed by atoms with Gasteiger partial charge in [-0.05, 0) is 30.9 Å². The Morgan fingerprint density at radius 3 is 2.68 bits per heavy atom. The fourth-order valence-corrected chi connectivity index (χ4v) is 4.39.